The summed E-state index contributed by atoms with van der Waals surface area (Å²) < 4.78 is 0. The predicted octanol–water partition coefficient (Wildman–Crippen LogP) is -0.271. The summed E-state index contributed by atoms with van der Waals surface area (Å²) in [5.41, 5.74) is 1.08. The number of rotatable bonds is 3. The number of nitrogens with one attached hydrogen (secondary N) is 2. The van der Waals surface area contributed by atoms with Crippen molar-refractivity contribution in [3.05, 3.63) is 11.9 Å². The van der Waals surface area contributed by atoms with Crippen LogP contribution in [-0.2, 0) is 9.59 Å². The topological polar surface area (TPSA) is 90.8 Å². The van der Waals surface area contributed by atoms with Gasteiger partial charge in [0.15, 0.2) is 0 Å². The Kier molecular flexibility index (Phi) is 3.41. The number of carboxylic acid groups (broad SMARTS) is 1. The quantitative estimate of drug-likeness (QED) is 0.630. The van der Waals surface area contributed by atoms with Crippen LogP contribution in [0.5, 0.6) is 0 Å². The highest BCUT2D eigenvalue weighted by molar-refractivity contribution is 5.83. The molecule has 0 aliphatic carbocycles. The smallest absolute Gasteiger partial charge is 0.322 e. The van der Waals surface area contributed by atoms with Gasteiger partial charge in [0.2, 0.25) is 5.91 Å². The first-order valence-corrected chi connectivity index (χ1v) is 5.62. The Balaban J connectivity index is 1.88. The fourth-order valence-electron chi connectivity index (χ4n) is 2.14. The number of hydrogen-bond donors (Lipinski definition) is 3. The van der Waals surface area contributed by atoms with Crippen molar-refractivity contribution in [2.75, 3.05) is 13.1 Å². The molecule has 2 atom stereocenters. The number of carbonyl (C=O) groups excluding carboxylic acids is 1. The van der Waals surface area contributed by atoms with Gasteiger partial charge in [0.1, 0.15) is 6.54 Å². The summed E-state index contributed by atoms with van der Waals surface area (Å²) in [6.07, 6.45) is 5.21. The van der Waals surface area contributed by atoms with Gasteiger partial charge in [-0.05, 0) is 12.8 Å². The molecule has 0 spiro atoms. The summed E-state index contributed by atoms with van der Waals surface area (Å²) in [6.45, 7) is 0.230. The Hall–Kier alpha value is -1.85. The molecule has 17 heavy (non-hydrogen) atoms. The van der Waals surface area contributed by atoms with Gasteiger partial charge in [0.25, 0.3) is 0 Å². The van der Waals surface area contributed by atoms with Crippen molar-refractivity contribution in [3.63, 3.8) is 0 Å². The Bertz CT molecular complexity index is 389. The minimum Gasteiger partial charge on any atom is -0.480 e. The highest BCUT2D eigenvalue weighted by Gasteiger charge is 2.30. The van der Waals surface area contributed by atoms with Gasteiger partial charge in [-0.2, -0.15) is 0 Å². The van der Waals surface area contributed by atoms with Crippen molar-refractivity contribution in [3.8, 4) is 0 Å². The number of aliphatic carboxylic acids is 1. The Morgan fingerprint density at radius 2 is 2.41 bits per heavy atom. The molecule has 0 saturated carbocycles. The second-order valence-corrected chi connectivity index (χ2v) is 4.27. The number of carboxylic acids is 1. The molecule has 0 aromatic heterocycles. The molecule has 0 radical (unpaired) electrons. The Labute approximate surface area is 98.8 Å². The van der Waals surface area contributed by atoms with E-state index in [2.05, 4.69) is 15.6 Å². The van der Waals surface area contributed by atoms with E-state index >= 15 is 0 Å². The van der Waals surface area contributed by atoms with Gasteiger partial charge in [-0.15, -0.1) is 0 Å². The second-order valence-electron chi connectivity index (χ2n) is 4.27. The molecule has 2 rings (SSSR count). The fraction of sp³-hybridized carbons (Fsp3) is 0.545. The maximum absolute atomic E-state index is 11.7. The van der Waals surface area contributed by atoms with E-state index in [1.54, 1.807) is 6.20 Å². The van der Waals surface area contributed by atoms with E-state index in [-0.39, 0.29) is 18.4 Å². The molecule has 2 aliphatic heterocycles. The highest BCUT2D eigenvalue weighted by atomic mass is 16.4. The first-order chi connectivity index (χ1) is 8.16. The molecule has 2 unspecified atom stereocenters. The van der Waals surface area contributed by atoms with Gasteiger partial charge in [-0.1, -0.05) is 0 Å². The normalized spacial score (nSPS) is 26.5. The number of fused-ring (bicyclic) bond motifs is 1. The van der Waals surface area contributed by atoms with Crippen molar-refractivity contribution in [1.29, 1.82) is 0 Å². The van der Waals surface area contributed by atoms with Crippen LogP contribution in [0.4, 0.5) is 0 Å². The molecule has 3 N–H and O–H groups in total. The Morgan fingerprint density at radius 1 is 1.59 bits per heavy atom. The van der Waals surface area contributed by atoms with Crippen molar-refractivity contribution in [2.45, 2.75) is 12.8 Å². The molecule has 6 heteroatoms. The van der Waals surface area contributed by atoms with E-state index in [0.717, 1.165) is 18.5 Å². The average Bonchev–Trinajstić information content (AvgIpc) is 2.35. The van der Waals surface area contributed by atoms with Crippen LogP contribution in [0.3, 0.4) is 0 Å². The lowest BCUT2D eigenvalue weighted by molar-refractivity contribution is -0.138. The summed E-state index contributed by atoms with van der Waals surface area (Å²) in [5.74, 6) is -1.07. The summed E-state index contributed by atoms with van der Waals surface area (Å²) in [7, 11) is 0. The summed E-state index contributed by atoms with van der Waals surface area (Å²) in [6, 6.07) is 0. The molecular formula is C11H15N3O3. The van der Waals surface area contributed by atoms with Crippen LogP contribution < -0.4 is 10.6 Å². The van der Waals surface area contributed by atoms with Crippen LogP contribution in [-0.4, -0.2) is 36.3 Å². The monoisotopic (exact) mass is 237 g/mol. The van der Waals surface area contributed by atoms with Crippen LogP contribution in [0, 0.1) is 11.8 Å². The van der Waals surface area contributed by atoms with Crippen molar-refractivity contribution < 1.29 is 14.7 Å². The van der Waals surface area contributed by atoms with Crippen LogP contribution in [0.15, 0.2) is 16.9 Å². The third-order valence-electron chi connectivity index (χ3n) is 3.06. The molecular weight excluding hydrogens is 222 g/mol. The highest BCUT2D eigenvalue weighted by Crippen LogP contribution is 2.28. The van der Waals surface area contributed by atoms with Gasteiger partial charge in [-0.25, -0.2) is 0 Å². The Morgan fingerprint density at radius 3 is 3.18 bits per heavy atom. The van der Waals surface area contributed by atoms with Crippen LogP contribution in [0.25, 0.3) is 0 Å². The third kappa shape index (κ3) is 2.83. The standard InChI is InChI=1S/C11H15N3O3/c15-10(16)6-14-11(17)8-3-7-1-2-12-5-9(7)13-4-8/h2,5,7-8,13H,1,3-4,6H2,(H,14,17)(H,15,16). The van der Waals surface area contributed by atoms with E-state index in [4.69, 9.17) is 5.11 Å². The maximum Gasteiger partial charge on any atom is 0.322 e. The molecule has 0 aromatic rings. The van der Waals surface area contributed by atoms with Crippen LogP contribution >= 0.6 is 0 Å². The molecule has 2 aliphatic rings. The van der Waals surface area contributed by atoms with Crippen LogP contribution in [0.2, 0.25) is 0 Å². The van der Waals surface area contributed by atoms with E-state index in [1.165, 1.54) is 0 Å². The first-order valence-electron chi connectivity index (χ1n) is 5.62. The number of hydrogen-bond acceptors (Lipinski definition) is 4. The second kappa shape index (κ2) is 4.99. The molecule has 92 valence electrons. The minimum absolute atomic E-state index is 0.164. The molecule has 1 amide bonds. The summed E-state index contributed by atoms with van der Waals surface area (Å²) in [5, 5.41) is 14.1. The van der Waals surface area contributed by atoms with Gasteiger partial charge >= 0.3 is 5.97 Å². The molecule has 1 fully saturated rings. The number of allylic oxidation sites excluding steroid dienone is 1. The zero-order valence-corrected chi connectivity index (χ0v) is 9.35. The molecule has 0 bridgehead atoms. The lowest BCUT2D eigenvalue weighted by Gasteiger charge is -2.32. The molecule has 1 saturated heterocycles. The molecule has 2 heterocycles. The summed E-state index contributed by atoms with van der Waals surface area (Å²) in [4.78, 5) is 26.1. The summed E-state index contributed by atoms with van der Waals surface area (Å²) >= 11 is 0. The average molecular weight is 237 g/mol. The number of amides is 1. The minimum atomic E-state index is -1.02. The van der Waals surface area contributed by atoms with E-state index < -0.39 is 5.97 Å². The first kappa shape index (κ1) is 11.6. The SMILES string of the molecule is O=C(O)CNC(=O)C1CNC2=CN=CCC2C1. The van der Waals surface area contributed by atoms with E-state index in [9.17, 15) is 9.59 Å². The zero-order valence-electron chi connectivity index (χ0n) is 9.35. The van der Waals surface area contributed by atoms with Gasteiger partial charge in [0.05, 0.1) is 5.92 Å². The molecule has 6 nitrogen and oxygen atoms in total. The number of carbonyl (C=O) groups is 2. The number of piperidine rings is 1. The van der Waals surface area contributed by atoms with Crippen molar-refractivity contribution in [2.24, 2.45) is 16.8 Å². The number of nitrogens with zero attached hydrogens (tertiary/aromatic N) is 1. The lowest BCUT2D eigenvalue weighted by Crippen LogP contribution is -2.44. The van der Waals surface area contributed by atoms with Crippen LogP contribution in [0.1, 0.15) is 12.8 Å². The van der Waals surface area contributed by atoms with Gasteiger partial charge < -0.3 is 15.7 Å². The fourth-order valence-corrected chi connectivity index (χ4v) is 2.14. The van der Waals surface area contributed by atoms with Crippen molar-refractivity contribution in [1.82, 2.24) is 10.6 Å². The third-order valence-corrected chi connectivity index (χ3v) is 3.06. The van der Waals surface area contributed by atoms with E-state index in [1.807, 2.05) is 6.21 Å². The number of aliphatic imine (C=N–C) groups is 1. The van der Waals surface area contributed by atoms with Gasteiger partial charge in [0, 0.05) is 30.6 Å². The predicted molar refractivity (Wildman–Crippen MR) is 61.4 cm³/mol. The lowest BCUT2D eigenvalue weighted by atomic mass is 9.85. The molecule has 0 aromatic carbocycles. The largest absolute Gasteiger partial charge is 0.480 e. The van der Waals surface area contributed by atoms with E-state index in [0.29, 0.717) is 12.5 Å². The zero-order chi connectivity index (χ0) is 12.3. The van der Waals surface area contributed by atoms with Gasteiger partial charge in [-0.3, -0.25) is 14.6 Å². The van der Waals surface area contributed by atoms with Crippen molar-refractivity contribution >= 4 is 18.1 Å². The maximum atomic E-state index is 11.7.